The first-order chi connectivity index (χ1) is 14.2. The van der Waals surface area contributed by atoms with Gasteiger partial charge in [0.1, 0.15) is 12.4 Å². The Hall–Kier alpha value is -2.10. The molecule has 1 N–H and O–H groups in total. The zero-order valence-electron chi connectivity index (χ0n) is 17.3. The van der Waals surface area contributed by atoms with E-state index in [0.29, 0.717) is 45.2 Å². The quantitative estimate of drug-likeness (QED) is 0.278. The normalized spacial score (nSPS) is 17.7. The van der Waals surface area contributed by atoms with E-state index in [0.717, 1.165) is 18.6 Å². The average molecular weight is 436 g/mol. The van der Waals surface area contributed by atoms with Gasteiger partial charge in [-0.2, -0.15) is 13.2 Å². The van der Waals surface area contributed by atoms with Gasteiger partial charge in [0.15, 0.2) is 17.6 Å². The Balaban J connectivity index is 1.85. The lowest BCUT2D eigenvalue weighted by Crippen LogP contribution is -2.42. The minimum atomic E-state index is -4.20. The summed E-state index contributed by atoms with van der Waals surface area (Å²) in [6.45, 7) is 6.00. The summed E-state index contributed by atoms with van der Waals surface area (Å²) >= 11 is 0. The maximum Gasteiger partial charge on any atom is 0.401 e. The number of halogens is 5. The van der Waals surface area contributed by atoms with Crippen LogP contribution >= 0.6 is 0 Å². The Labute approximate surface area is 173 Å². The van der Waals surface area contributed by atoms with Gasteiger partial charge in [-0.25, -0.2) is 13.8 Å². The number of likely N-dealkylation sites (tertiary alicyclic amines) is 1. The third-order valence-corrected chi connectivity index (χ3v) is 4.80. The highest BCUT2D eigenvalue weighted by Gasteiger charge is 2.33. The van der Waals surface area contributed by atoms with Gasteiger partial charge in [0.25, 0.3) is 0 Å². The number of hydrogen-bond donors (Lipinski definition) is 1. The Bertz CT molecular complexity index is 698. The Morgan fingerprint density at radius 3 is 2.67 bits per heavy atom. The molecule has 0 saturated carbocycles. The van der Waals surface area contributed by atoms with E-state index in [-0.39, 0.29) is 18.3 Å². The lowest BCUT2D eigenvalue weighted by atomic mass is 10.1. The second kappa shape index (κ2) is 11.3. The number of hydrogen-bond acceptors (Lipinski definition) is 3. The molecule has 5 nitrogen and oxygen atoms in total. The van der Waals surface area contributed by atoms with Gasteiger partial charge in [-0.3, -0.25) is 4.90 Å². The predicted octanol–water partition coefficient (Wildman–Crippen LogP) is 3.52. The molecule has 1 unspecified atom stereocenters. The van der Waals surface area contributed by atoms with E-state index in [2.05, 4.69) is 10.3 Å². The summed E-state index contributed by atoms with van der Waals surface area (Å²) in [5.74, 6) is -0.878. The maximum atomic E-state index is 13.2. The van der Waals surface area contributed by atoms with Crippen molar-refractivity contribution in [2.75, 3.05) is 52.4 Å². The second-order valence-corrected chi connectivity index (χ2v) is 7.20. The highest BCUT2D eigenvalue weighted by molar-refractivity contribution is 5.80. The molecule has 1 heterocycles. The molecule has 1 atom stereocenters. The summed E-state index contributed by atoms with van der Waals surface area (Å²) in [5, 5.41) is 3.18. The number of nitrogens with one attached hydrogen (secondary N) is 1. The first kappa shape index (κ1) is 24.2. The van der Waals surface area contributed by atoms with E-state index in [1.165, 1.54) is 11.0 Å². The minimum Gasteiger partial charge on any atom is -0.492 e. The minimum absolute atomic E-state index is 0.134. The molecule has 0 aromatic heterocycles. The van der Waals surface area contributed by atoms with Crippen LogP contribution in [0.1, 0.15) is 20.3 Å². The number of rotatable bonds is 9. The Kier molecular flexibility index (Phi) is 9.13. The summed E-state index contributed by atoms with van der Waals surface area (Å²) in [5.41, 5.74) is 0. The van der Waals surface area contributed by atoms with Gasteiger partial charge in [0.05, 0.1) is 13.1 Å². The first-order valence-electron chi connectivity index (χ1n) is 10.1. The fraction of sp³-hybridized carbons (Fsp3) is 0.650. The molecule has 1 saturated heterocycles. The summed E-state index contributed by atoms with van der Waals surface area (Å²) in [6.07, 6.45) is -3.40. The third kappa shape index (κ3) is 7.97. The molecular formula is C20H29F5N4O. The third-order valence-electron chi connectivity index (χ3n) is 4.80. The van der Waals surface area contributed by atoms with Crippen LogP contribution in [0.25, 0.3) is 0 Å². The van der Waals surface area contributed by atoms with Crippen LogP contribution in [0.2, 0.25) is 0 Å². The Morgan fingerprint density at radius 2 is 2.03 bits per heavy atom. The van der Waals surface area contributed by atoms with Crippen LogP contribution < -0.4 is 10.1 Å². The standard InChI is InChI=1S/C20H29F5N4O/c1-3-26-19(27-8-10-30-16-5-6-17(21)18(22)11-16)29-9-7-15(13-29)12-28(4-2)14-20(23,24)25/h5-6,11,15H,3-4,7-10,12-14H2,1-2H3,(H,26,27). The zero-order chi connectivity index (χ0) is 22.1. The van der Waals surface area contributed by atoms with Gasteiger partial charge in [0, 0.05) is 32.2 Å². The van der Waals surface area contributed by atoms with Crippen molar-refractivity contribution in [3.8, 4) is 5.75 Å². The van der Waals surface area contributed by atoms with Crippen molar-refractivity contribution in [1.82, 2.24) is 15.1 Å². The fourth-order valence-electron chi connectivity index (χ4n) is 3.41. The van der Waals surface area contributed by atoms with Crippen LogP contribution in [0.3, 0.4) is 0 Å². The number of ether oxygens (including phenoxy) is 1. The van der Waals surface area contributed by atoms with Crippen LogP contribution in [0, 0.1) is 17.6 Å². The molecule has 1 aliphatic rings. The van der Waals surface area contributed by atoms with Crippen LogP contribution in [0.4, 0.5) is 22.0 Å². The number of benzene rings is 1. The molecule has 1 aromatic rings. The summed E-state index contributed by atoms with van der Waals surface area (Å²) < 4.78 is 69.6. The second-order valence-electron chi connectivity index (χ2n) is 7.20. The van der Waals surface area contributed by atoms with E-state index in [9.17, 15) is 22.0 Å². The molecule has 0 amide bonds. The SMILES string of the molecule is CCNC(=NCCOc1ccc(F)c(F)c1)N1CCC(CN(CC)CC(F)(F)F)C1. The van der Waals surface area contributed by atoms with Crippen molar-refractivity contribution in [3.05, 3.63) is 29.8 Å². The van der Waals surface area contributed by atoms with Crippen molar-refractivity contribution < 1.29 is 26.7 Å². The number of guanidine groups is 1. The molecule has 170 valence electrons. The van der Waals surface area contributed by atoms with Crippen molar-refractivity contribution >= 4 is 5.96 Å². The largest absolute Gasteiger partial charge is 0.492 e. The van der Waals surface area contributed by atoms with Gasteiger partial charge in [0.2, 0.25) is 0 Å². The summed E-state index contributed by atoms with van der Waals surface area (Å²) in [7, 11) is 0. The fourth-order valence-corrected chi connectivity index (χ4v) is 3.41. The molecule has 30 heavy (non-hydrogen) atoms. The lowest BCUT2D eigenvalue weighted by Gasteiger charge is -2.26. The van der Waals surface area contributed by atoms with Crippen molar-refractivity contribution in [2.24, 2.45) is 10.9 Å². The molecule has 10 heteroatoms. The van der Waals surface area contributed by atoms with Gasteiger partial charge in [-0.1, -0.05) is 6.92 Å². The smallest absolute Gasteiger partial charge is 0.401 e. The highest BCUT2D eigenvalue weighted by Crippen LogP contribution is 2.21. The molecule has 0 radical (unpaired) electrons. The van der Waals surface area contributed by atoms with Crippen molar-refractivity contribution in [3.63, 3.8) is 0 Å². The lowest BCUT2D eigenvalue weighted by molar-refractivity contribution is -0.146. The number of aliphatic imine (C=N–C) groups is 1. The molecule has 1 aliphatic heterocycles. The van der Waals surface area contributed by atoms with Crippen LogP contribution in [0.15, 0.2) is 23.2 Å². The molecule has 0 bridgehead atoms. The average Bonchev–Trinajstić information content (AvgIpc) is 3.13. The van der Waals surface area contributed by atoms with Gasteiger partial charge in [-0.05, 0) is 37.9 Å². The molecule has 1 fully saturated rings. The summed E-state index contributed by atoms with van der Waals surface area (Å²) in [6, 6.07) is 3.33. The number of alkyl halides is 3. The van der Waals surface area contributed by atoms with Gasteiger partial charge in [-0.15, -0.1) is 0 Å². The van der Waals surface area contributed by atoms with Gasteiger partial charge >= 0.3 is 6.18 Å². The topological polar surface area (TPSA) is 40.1 Å². The zero-order valence-corrected chi connectivity index (χ0v) is 17.3. The monoisotopic (exact) mass is 436 g/mol. The van der Waals surface area contributed by atoms with E-state index < -0.39 is 24.4 Å². The van der Waals surface area contributed by atoms with E-state index in [4.69, 9.17) is 4.74 Å². The van der Waals surface area contributed by atoms with Crippen LogP contribution in [-0.2, 0) is 0 Å². The molecule has 0 aliphatic carbocycles. The summed E-state index contributed by atoms with van der Waals surface area (Å²) in [4.78, 5) is 7.95. The van der Waals surface area contributed by atoms with E-state index in [1.807, 2.05) is 11.8 Å². The van der Waals surface area contributed by atoms with Gasteiger partial charge < -0.3 is 15.0 Å². The van der Waals surface area contributed by atoms with Crippen molar-refractivity contribution in [1.29, 1.82) is 0 Å². The van der Waals surface area contributed by atoms with E-state index >= 15 is 0 Å². The number of nitrogens with zero attached hydrogens (tertiary/aromatic N) is 3. The van der Waals surface area contributed by atoms with Crippen LogP contribution in [-0.4, -0.2) is 74.4 Å². The molecular weight excluding hydrogens is 407 g/mol. The first-order valence-corrected chi connectivity index (χ1v) is 10.1. The highest BCUT2D eigenvalue weighted by atomic mass is 19.4. The van der Waals surface area contributed by atoms with Crippen molar-refractivity contribution in [2.45, 2.75) is 26.4 Å². The predicted molar refractivity (Wildman–Crippen MR) is 106 cm³/mol. The Morgan fingerprint density at radius 1 is 1.27 bits per heavy atom. The van der Waals surface area contributed by atoms with Crippen LogP contribution in [0.5, 0.6) is 5.75 Å². The molecule has 1 aromatic carbocycles. The molecule has 2 rings (SSSR count). The maximum absolute atomic E-state index is 13.2. The van der Waals surface area contributed by atoms with E-state index in [1.54, 1.807) is 6.92 Å². The molecule has 0 spiro atoms.